The van der Waals surface area contributed by atoms with E-state index in [-0.39, 0.29) is 0 Å². The van der Waals surface area contributed by atoms with Crippen molar-refractivity contribution < 1.29 is 18.0 Å². The van der Waals surface area contributed by atoms with Gasteiger partial charge in [-0.3, -0.25) is 4.79 Å². The van der Waals surface area contributed by atoms with Gasteiger partial charge < -0.3 is 0 Å². The van der Waals surface area contributed by atoms with Crippen LogP contribution in [0.5, 0.6) is 0 Å². The number of allylic oxidation sites excluding steroid dienone is 2. The van der Waals surface area contributed by atoms with Crippen LogP contribution in [0.1, 0.15) is 43.2 Å². The van der Waals surface area contributed by atoms with Crippen LogP contribution in [0.3, 0.4) is 0 Å². The van der Waals surface area contributed by atoms with E-state index in [1.165, 1.54) is 6.07 Å². The first-order chi connectivity index (χ1) is 9.02. The van der Waals surface area contributed by atoms with Gasteiger partial charge in [0.1, 0.15) is 6.29 Å². The highest BCUT2D eigenvalue weighted by Crippen LogP contribution is 2.34. The highest BCUT2D eigenvalue weighted by Gasteiger charge is 2.30. The molecule has 0 fully saturated rings. The normalized spacial score (nSPS) is 17.2. The summed E-state index contributed by atoms with van der Waals surface area (Å²) >= 11 is 0. The van der Waals surface area contributed by atoms with Gasteiger partial charge in [0, 0.05) is 0 Å². The molecule has 4 heteroatoms. The molecule has 19 heavy (non-hydrogen) atoms. The van der Waals surface area contributed by atoms with Crippen LogP contribution in [0.25, 0.3) is 5.57 Å². The zero-order chi connectivity index (χ0) is 13.9. The van der Waals surface area contributed by atoms with Crippen LogP contribution >= 0.6 is 0 Å². The lowest BCUT2D eigenvalue weighted by Gasteiger charge is -2.12. The second-order valence-electron chi connectivity index (χ2n) is 4.76. The van der Waals surface area contributed by atoms with E-state index in [2.05, 4.69) is 0 Å². The van der Waals surface area contributed by atoms with Crippen molar-refractivity contribution in [3.63, 3.8) is 0 Å². The molecular formula is C15H15F3O. The van der Waals surface area contributed by atoms with E-state index >= 15 is 0 Å². The second-order valence-corrected chi connectivity index (χ2v) is 4.76. The van der Waals surface area contributed by atoms with Gasteiger partial charge in [-0.25, -0.2) is 0 Å². The average Bonchev–Trinajstić information content (AvgIpc) is 2.62. The SMILES string of the molecule is O=CC1=C(c2cccc(C(F)(F)F)c2)CCCCC1. The van der Waals surface area contributed by atoms with E-state index in [0.717, 1.165) is 43.3 Å². The van der Waals surface area contributed by atoms with Crippen molar-refractivity contribution in [2.45, 2.75) is 38.3 Å². The lowest BCUT2D eigenvalue weighted by atomic mass is 9.95. The Labute approximate surface area is 110 Å². The average molecular weight is 268 g/mol. The number of aldehydes is 1. The Morgan fingerprint density at radius 3 is 2.47 bits per heavy atom. The fourth-order valence-electron chi connectivity index (χ4n) is 2.45. The molecule has 0 aliphatic heterocycles. The monoisotopic (exact) mass is 268 g/mol. The van der Waals surface area contributed by atoms with Crippen molar-refractivity contribution in [1.29, 1.82) is 0 Å². The van der Waals surface area contributed by atoms with E-state index < -0.39 is 11.7 Å². The lowest BCUT2D eigenvalue weighted by Crippen LogP contribution is -2.05. The highest BCUT2D eigenvalue weighted by molar-refractivity contribution is 5.88. The van der Waals surface area contributed by atoms with Crippen LogP contribution in [-0.2, 0) is 11.0 Å². The zero-order valence-corrected chi connectivity index (χ0v) is 10.5. The summed E-state index contributed by atoms with van der Waals surface area (Å²) in [6, 6.07) is 5.25. The van der Waals surface area contributed by atoms with Crippen LogP contribution in [0, 0.1) is 0 Å². The number of hydrogen-bond acceptors (Lipinski definition) is 1. The second kappa shape index (κ2) is 5.59. The van der Waals surface area contributed by atoms with Crippen LogP contribution < -0.4 is 0 Å². The first kappa shape index (κ1) is 13.8. The zero-order valence-electron chi connectivity index (χ0n) is 10.5. The first-order valence-corrected chi connectivity index (χ1v) is 6.37. The van der Waals surface area contributed by atoms with E-state index in [1.807, 2.05) is 0 Å². The largest absolute Gasteiger partial charge is 0.416 e. The summed E-state index contributed by atoms with van der Waals surface area (Å²) in [6.45, 7) is 0. The molecule has 1 aromatic carbocycles. The van der Waals surface area contributed by atoms with Gasteiger partial charge in [0.15, 0.2) is 0 Å². The van der Waals surface area contributed by atoms with Crippen LogP contribution in [-0.4, -0.2) is 6.29 Å². The number of hydrogen-bond donors (Lipinski definition) is 0. The van der Waals surface area contributed by atoms with Crippen molar-refractivity contribution in [2.75, 3.05) is 0 Å². The highest BCUT2D eigenvalue weighted by atomic mass is 19.4. The van der Waals surface area contributed by atoms with Crippen molar-refractivity contribution in [1.82, 2.24) is 0 Å². The first-order valence-electron chi connectivity index (χ1n) is 6.37. The molecule has 0 amide bonds. The van der Waals surface area contributed by atoms with E-state index in [4.69, 9.17) is 0 Å². The molecule has 0 atom stereocenters. The Morgan fingerprint density at radius 2 is 1.79 bits per heavy atom. The Hall–Kier alpha value is -1.58. The number of halogens is 3. The predicted molar refractivity (Wildman–Crippen MR) is 67.5 cm³/mol. The summed E-state index contributed by atoms with van der Waals surface area (Å²) in [5, 5.41) is 0. The third kappa shape index (κ3) is 3.25. The molecule has 0 heterocycles. The van der Waals surface area contributed by atoms with Gasteiger partial charge in [0.25, 0.3) is 0 Å². The summed E-state index contributed by atoms with van der Waals surface area (Å²) in [5.41, 5.74) is 1.29. The summed E-state index contributed by atoms with van der Waals surface area (Å²) in [6.07, 6.45) is 0.646. The van der Waals surface area contributed by atoms with Gasteiger partial charge in [-0.05, 0) is 54.5 Å². The summed E-state index contributed by atoms with van der Waals surface area (Å²) in [4.78, 5) is 11.1. The maximum absolute atomic E-state index is 12.7. The van der Waals surface area contributed by atoms with Crippen LogP contribution in [0.15, 0.2) is 29.8 Å². The smallest absolute Gasteiger partial charge is 0.298 e. The van der Waals surface area contributed by atoms with Crippen LogP contribution in [0.4, 0.5) is 13.2 Å². The molecule has 0 radical (unpaired) electrons. The Kier molecular flexibility index (Phi) is 4.08. The van der Waals surface area contributed by atoms with Gasteiger partial charge in [-0.15, -0.1) is 0 Å². The van der Waals surface area contributed by atoms with E-state index in [0.29, 0.717) is 24.0 Å². The molecule has 0 aromatic heterocycles. The third-order valence-corrected chi connectivity index (χ3v) is 3.44. The Balaban J connectivity index is 2.44. The molecule has 1 aliphatic rings. The maximum Gasteiger partial charge on any atom is 0.416 e. The molecule has 0 saturated carbocycles. The molecule has 0 saturated heterocycles. The fraction of sp³-hybridized carbons (Fsp3) is 0.400. The van der Waals surface area contributed by atoms with Crippen molar-refractivity contribution in [3.8, 4) is 0 Å². The predicted octanol–water partition coefficient (Wildman–Crippen LogP) is 4.62. The minimum absolute atomic E-state index is 0.527. The van der Waals surface area contributed by atoms with Gasteiger partial charge >= 0.3 is 6.18 Å². The minimum atomic E-state index is -4.34. The van der Waals surface area contributed by atoms with E-state index in [9.17, 15) is 18.0 Å². The molecule has 1 aliphatic carbocycles. The molecule has 0 bridgehead atoms. The molecule has 102 valence electrons. The number of benzene rings is 1. The summed E-state index contributed by atoms with van der Waals surface area (Å²) in [7, 11) is 0. The molecule has 0 N–H and O–H groups in total. The van der Waals surface area contributed by atoms with Crippen molar-refractivity contribution in [3.05, 3.63) is 41.0 Å². The Morgan fingerprint density at radius 1 is 1.05 bits per heavy atom. The number of carbonyl (C=O) groups is 1. The molecule has 1 aromatic rings. The summed E-state index contributed by atoms with van der Waals surface area (Å²) < 4.78 is 38.1. The van der Waals surface area contributed by atoms with Crippen molar-refractivity contribution in [2.24, 2.45) is 0 Å². The lowest BCUT2D eigenvalue weighted by molar-refractivity contribution is -0.137. The molecule has 0 unspecified atom stereocenters. The standard InChI is InChI=1S/C15H15F3O/c16-15(17,18)13-7-4-6-11(9-13)14-8-3-1-2-5-12(14)10-19/h4,6-7,9-10H,1-3,5,8H2. The maximum atomic E-state index is 12.7. The van der Waals surface area contributed by atoms with E-state index in [1.54, 1.807) is 6.07 Å². The molecule has 1 nitrogen and oxygen atoms in total. The van der Waals surface area contributed by atoms with Gasteiger partial charge in [-0.2, -0.15) is 13.2 Å². The quantitative estimate of drug-likeness (QED) is 0.715. The Bertz CT molecular complexity index is 500. The summed E-state index contributed by atoms with van der Waals surface area (Å²) in [5.74, 6) is 0. The number of carbonyl (C=O) groups excluding carboxylic acids is 1. The van der Waals surface area contributed by atoms with Gasteiger partial charge in [0.05, 0.1) is 5.56 Å². The minimum Gasteiger partial charge on any atom is -0.298 e. The number of alkyl halides is 3. The third-order valence-electron chi connectivity index (χ3n) is 3.44. The fourth-order valence-corrected chi connectivity index (χ4v) is 2.45. The topological polar surface area (TPSA) is 17.1 Å². The molecular weight excluding hydrogens is 253 g/mol. The number of rotatable bonds is 2. The van der Waals surface area contributed by atoms with Crippen molar-refractivity contribution >= 4 is 11.9 Å². The molecule has 2 rings (SSSR count). The molecule has 0 spiro atoms. The van der Waals surface area contributed by atoms with Gasteiger partial charge in [-0.1, -0.05) is 18.6 Å². The van der Waals surface area contributed by atoms with Crippen LogP contribution in [0.2, 0.25) is 0 Å². The van der Waals surface area contributed by atoms with Gasteiger partial charge in [0.2, 0.25) is 0 Å².